The molecule has 0 saturated heterocycles. The minimum atomic E-state index is -0.663. The molecule has 0 bridgehead atoms. The van der Waals surface area contributed by atoms with Crippen molar-refractivity contribution < 1.29 is 23.9 Å². The number of methoxy groups -OCH3 is 1. The summed E-state index contributed by atoms with van der Waals surface area (Å²) in [4.78, 5) is 40.0. The second kappa shape index (κ2) is 10.1. The third-order valence-electron chi connectivity index (χ3n) is 12.6. The van der Waals surface area contributed by atoms with Crippen LogP contribution in [0.5, 0.6) is 0 Å². The molecule has 0 amide bonds. The smallest absolute Gasteiger partial charge is 0.302 e. The molecule has 0 N–H and O–H groups in total. The minimum absolute atomic E-state index is 0.0560. The van der Waals surface area contributed by atoms with Crippen molar-refractivity contribution in [2.45, 2.75) is 124 Å². The first-order valence-corrected chi connectivity index (χ1v) is 15.9. The van der Waals surface area contributed by atoms with Gasteiger partial charge in [0.05, 0.1) is 5.60 Å². The van der Waals surface area contributed by atoms with Crippen LogP contribution in [0.3, 0.4) is 0 Å². The first-order chi connectivity index (χ1) is 17.9. The van der Waals surface area contributed by atoms with Crippen LogP contribution < -0.4 is 0 Å². The topological polar surface area (TPSA) is 69.7 Å². The number of halogens is 1. The van der Waals surface area contributed by atoms with Gasteiger partial charge in [0.2, 0.25) is 0 Å². The lowest BCUT2D eigenvalue weighted by atomic mass is 9.38. The number of rotatable bonds is 7. The summed E-state index contributed by atoms with van der Waals surface area (Å²) in [6.45, 7) is 19.0. The molecular formula is C33H51BrO5. The third kappa shape index (κ3) is 4.53. The molecule has 0 aliphatic heterocycles. The molecule has 9 atom stereocenters. The number of allylic oxidation sites excluding steroid dienone is 2. The quantitative estimate of drug-likeness (QED) is 0.222. The summed E-state index contributed by atoms with van der Waals surface area (Å²) in [6.07, 6.45) is 7.63. The van der Waals surface area contributed by atoms with Crippen LogP contribution in [-0.4, -0.2) is 41.2 Å². The first kappa shape index (κ1) is 30.9. The number of Topliss-reactive ketones (excluding diaryl/α,β-unsaturated/α-hetero) is 1. The molecule has 0 aromatic heterocycles. The monoisotopic (exact) mass is 606 g/mol. The van der Waals surface area contributed by atoms with Gasteiger partial charge in [-0.05, 0) is 106 Å². The Kier molecular flexibility index (Phi) is 7.99. The van der Waals surface area contributed by atoms with Gasteiger partial charge in [-0.2, -0.15) is 0 Å². The fourth-order valence-electron chi connectivity index (χ4n) is 9.74. The van der Waals surface area contributed by atoms with E-state index < -0.39 is 10.8 Å². The summed E-state index contributed by atoms with van der Waals surface area (Å²) < 4.78 is 11.9. The van der Waals surface area contributed by atoms with E-state index in [0.29, 0.717) is 18.3 Å². The Labute approximate surface area is 244 Å². The van der Waals surface area contributed by atoms with E-state index in [1.54, 1.807) is 7.11 Å². The number of ether oxygens (including phenoxy) is 2. The van der Waals surface area contributed by atoms with Gasteiger partial charge in [0.25, 0.3) is 0 Å². The third-order valence-corrected chi connectivity index (χ3v) is 14.2. The fraction of sp³-hybridized carbons (Fsp3) is 0.848. The molecule has 0 radical (unpaired) electrons. The molecule has 5 nitrogen and oxygen atoms in total. The first-order valence-electron chi connectivity index (χ1n) is 15.0. The van der Waals surface area contributed by atoms with Crippen LogP contribution in [-0.2, 0) is 23.9 Å². The summed E-state index contributed by atoms with van der Waals surface area (Å²) in [5, 5.41) is 0. The predicted molar refractivity (Wildman–Crippen MR) is 158 cm³/mol. The molecule has 3 fully saturated rings. The molecular weight excluding hydrogens is 556 g/mol. The lowest BCUT2D eigenvalue weighted by molar-refractivity contribution is -0.214. The van der Waals surface area contributed by atoms with Crippen molar-refractivity contribution in [3.63, 3.8) is 0 Å². The SMILES string of the molecule is COC(C)(C)C(Br)CC[C@@H](C)[C@H]1CC[C@@]2(C)[C@@H]3C(=O)C=C4[C@@H](CCC(=O)C4(C)C)[C@]3(C)[C@@H](OC(C)=O)C[C@]12C. The summed E-state index contributed by atoms with van der Waals surface area (Å²) in [5.74, 6) is 0.759. The standard InChI is InChI=1S/C33H51BrO5/c1-19(11-13-25(34)30(5,6)38-10)21-15-16-31(7)28-24(36)17-23-22(12-14-26(37)29(23,3)4)33(28,9)27(39-20(2)35)18-32(21,31)8/h17,19,21-22,25,27-28H,11-16,18H2,1-10H3/t19-,21-,22-,25?,27+,28+,31+,32-,33-/m1/s1. The second-order valence-electron chi connectivity index (χ2n) is 15.1. The molecule has 1 unspecified atom stereocenters. The van der Waals surface area contributed by atoms with E-state index in [2.05, 4.69) is 57.5 Å². The number of carbonyl (C=O) groups excluding carboxylic acids is 3. The summed E-state index contributed by atoms with van der Waals surface area (Å²) in [6, 6.07) is 0. The number of fused-ring (bicyclic) bond motifs is 5. The van der Waals surface area contributed by atoms with E-state index in [4.69, 9.17) is 9.47 Å². The zero-order valence-electron chi connectivity index (χ0n) is 25.9. The van der Waals surface area contributed by atoms with Crippen LogP contribution in [0.1, 0.15) is 107 Å². The molecule has 220 valence electrons. The minimum Gasteiger partial charge on any atom is -0.462 e. The number of esters is 1. The Balaban J connectivity index is 1.74. The van der Waals surface area contributed by atoms with Crippen LogP contribution >= 0.6 is 15.9 Å². The highest BCUT2D eigenvalue weighted by molar-refractivity contribution is 9.09. The zero-order chi connectivity index (χ0) is 29.3. The van der Waals surface area contributed by atoms with Crippen molar-refractivity contribution in [1.29, 1.82) is 0 Å². The maximum absolute atomic E-state index is 14.3. The molecule has 4 aliphatic rings. The molecule has 3 saturated carbocycles. The van der Waals surface area contributed by atoms with Crippen LogP contribution in [0.2, 0.25) is 0 Å². The van der Waals surface area contributed by atoms with Crippen molar-refractivity contribution in [1.82, 2.24) is 0 Å². The number of alkyl halides is 1. The highest BCUT2D eigenvalue weighted by Crippen LogP contribution is 2.74. The number of ketones is 2. The summed E-state index contributed by atoms with van der Waals surface area (Å²) >= 11 is 3.87. The van der Waals surface area contributed by atoms with Gasteiger partial charge in [-0.15, -0.1) is 0 Å². The molecule has 4 aliphatic carbocycles. The average Bonchev–Trinajstić information content (AvgIpc) is 3.10. The second-order valence-corrected chi connectivity index (χ2v) is 16.2. The molecule has 4 rings (SSSR count). The maximum Gasteiger partial charge on any atom is 0.302 e. The van der Waals surface area contributed by atoms with Crippen molar-refractivity contribution in [3.8, 4) is 0 Å². The van der Waals surface area contributed by atoms with Crippen molar-refractivity contribution in [2.75, 3.05) is 7.11 Å². The average molecular weight is 608 g/mol. The predicted octanol–water partition coefficient (Wildman–Crippen LogP) is 7.49. The lowest BCUT2D eigenvalue weighted by Crippen LogP contribution is -2.67. The highest BCUT2D eigenvalue weighted by Gasteiger charge is 2.73. The van der Waals surface area contributed by atoms with Crippen molar-refractivity contribution in [2.24, 2.45) is 45.3 Å². The van der Waals surface area contributed by atoms with E-state index in [1.165, 1.54) is 6.92 Å². The van der Waals surface area contributed by atoms with E-state index in [-0.39, 0.29) is 56.7 Å². The Bertz CT molecular complexity index is 1060. The van der Waals surface area contributed by atoms with E-state index >= 15 is 0 Å². The van der Waals surface area contributed by atoms with Gasteiger partial charge >= 0.3 is 5.97 Å². The molecule has 0 spiro atoms. The normalized spacial score (nSPS) is 41.2. The van der Waals surface area contributed by atoms with Gasteiger partial charge in [-0.25, -0.2) is 0 Å². The number of hydrogen-bond donors (Lipinski definition) is 0. The van der Waals surface area contributed by atoms with Crippen LogP contribution in [0, 0.1) is 45.3 Å². The zero-order valence-corrected chi connectivity index (χ0v) is 27.5. The van der Waals surface area contributed by atoms with E-state index in [1.807, 2.05) is 19.9 Å². The van der Waals surface area contributed by atoms with Gasteiger partial charge in [-0.1, -0.05) is 43.6 Å². The highest BCUT2D eigenvalue weighted by atomic mass is 79.9. The molecule has 0 heterocycles. The van der Waals surface area contributed by atoms with Crippen molar-refractivity contribution >= 4 is 33.5 Å². The van der Waals surface area contributed by atoms with Gasteiger partial charge in [0.15, 0.2) is 5.78 Å². The molecule has 39 heavy (non-hydrogen) atoms. The molecule has 6 heteroatoms. The Hall–Kier alpha value is -1.01. The molecule has 0 aromatic carbocycles. The summed E-state index contributed by atoms with van der Waals surface area (Å²) in [7, 11) is 1.76. The number of hydrogen-bond acceptors (Lipinski definition) is 5. The Morgan fingerprint density at radius 1 is 1.10 bits per heavy atom. The van der Waals surface area contributed by atoms with Gasteiger partial charge in [-0.3, -0.25) is 14.4 Å². The largest absolute Gasteiger partial charge is 0.462 e. The van der Waals surface area contributed by atoms with Crippen LogP contribution in [0.15, 0.2) is 11.6 Å². The van der Waals surface area contributed by atoms with Crippen molar-refractivity contribution in [3.05, 3.63) is 11.6 Å². The lowest BCUT2D eigenvalue weighted by Gasteiger charge is -2.66. The fourth-order valence-corrected chi connectivity index (χ4v) is 10.2. The van der Waals surface area contributed by atoms with Gasteiger partial charge in [0.1, 0.15) is 11.9 Å². The van der Waals surface area contributed by atoms with E-state index in [0.717, 1.165) is 44.1 Å². The van der Waals surface area contributed by atoms with Crippen LogP contribution in [0.25, 0.3) is 0 Å². The van der Waals surface area contributed by atoms with Gasteiger partial charge < -0.3 is 9.47 Å². The van der Waals surface area contributed by atoms with E-state index in [9.17, 15) is 14.4 Å². The Morgan fingerprint density at radius 3 is 2.33 bits per heavy atom. The van der Waals surface area contributed by atoms with Crippen LogP contribution in [0.4, 0.5) is 0 Å². The number of carbonyl (C=O) groups is 3. The summed E-state index contributed by atoms with van der Waals surface area (Å²) in [5.41, 5.74) is -0.823. The van der Waals surface area contributed by atoms with Gasteiger partial charge in [0, 0.05) is 42.0 Å². The maximum atomic E-state index is 14.3. The molecule has 0 aromatic rings. The Morgan fingerprint density at radius 2 is 1.74 bits per heavy atom.